The van der Waals surface area contributed by atoms with Crippen LogP contribution in [0.2, 0.25) is 0 Å². The van der Waals surface area contributed by atoms with Crippen molar-refractivity contribution in [3.05, 3.63) is 65.2 Å². The van der Waals surface area contributed by atoms with Gasteiger partial charge in [0, 0.05) is 18.7 Å². The predicted molar refractivity (Wildman–Crippen MR) is 114 cm³/mol. The molecule has 2 aromatic carbocycles. The number of phenols is 1. The van der Waals surface area contributed by atoms with E-state index in [1.54, 1.807) is 36.4 Å². The topological polar surface area (TPSA) is 96.3 Å². The molecule has 2 aliphatic heterocycles. The zero-order valence-corrected chi connectivity index (χ0v) is 17.3. The largest absolute Gasteiger partial charge is 0.508 e. The number of ether oxygens (including phenoxy) is 2. The summed E-state index contributed by atoms with van der Waals surface area (Å²) < 4.78 is 11.1. The number of aliphatic hydroxyl groups is 1. The predicted octanol–water partition coefficient (Wildman–Crippen LogP) is 3.39. The van der Waals surface area contributed by atoms with E-state index in [-0.39, 0.29) is 29.7 Å². The van der Waals surface area contributed by atoms with E-state index in [1.165, 1.54) is 17.0 Å². The number of likely N-dealkylation sites (tertiary alicyclic amines) is 1. The number of hydrogen-bond acceptors (Lipinski definition) is 6. The average molecular weight is 423 g/mol. The summed E-state index contributed by atoms with van der Waals surface area (Å²) in [5, 5.41) is 21.0. The molecule has 0 bridgehead atoms. The van der Waals surface area contributed by atoms with Gasteiger partial charge in [0.1, 0.15) is 17.3 Å². The van der Waals surface area contributed by atoms with Crippen molar-refractivity contribution >= 4 is 17.4 Å². The van der Waals surface area contributed by atoms with Gasteiger partial charge in [0.25, 0.3) is 11.7 Å². The fourth-order valence-corrected chi connectivity index (χ4v) is 4.15. The van der Waals surface area contributed by atoms with E-state index < -0.39 is 17.7 Å². The zero-order valence-electron chi connectivity index (χ0n) is 17.3. The number of benzene rings is 2. The maximum absolute atomic E-state index is 13.0. The number of aromatic hydroxyl groups is 1. The minimum absolute atomic E-state index is 0.00208. The molecule has 7 nitrogen and oxygen atoms in total. The number of Topliss-reactive ketones (excluding diaryl/α,β-unsaturated/α-hetero) is 1. The molecule has 0 radical (unpaired) electrons. The normalized spacial score (nSPS) is 22.8. The van der Waals surface area contributed by atoms with Crippen LogP contribution in [-0.4, -0.2) is 52.7 Å². The Bertz CT molecular complexity index is 1010. The standard InChI is InChI=1S/C24H25NO6/c1-2-30-18-10-8-15(9-11-18)22(27)20-21(16-5-3-6-17(26)13-16)25(24(29)23(20)28)14-19-7-4-12-31-19/h3,5-6,8-11,13,19,21,26-27H,2,4,7,12,14H2,1H3. The van der Waals surface area contributed by atoms with Crippen LogP contribution in [0.25, 0.3) is 5.76 Å². The average Bonchev–Trinajstić information content (AvgIpc) is 3.36. The molecular weight excluding hydrogens is 398 g/mol. The van der Waals surface area contributed by atoms with E-state index >= 15 is 0 Å². The summed E-state index contributed by atoms with van der Waals surface area (Å²) in [7, 11) is 0. The van der Waals surface area contributed by atoms with Gasteiger partial charge in [-0.15, -0.1) is 0 Å². The highest BCUT2D eigenvalue weighted by molar-refractivity contribution is 6.46. The van der Waals surface area contributed by atoms with Crippen LogP contribution < -0.4 is 4.74 Å². The van der Waals surface area contributed by atoms with Crippen molar-refractivity contribution < 1.29 is 29.3 Å². The molecule has 0 spiro atoms. The van der Waals surface area contributed by atoms with Crippen LogP contribution in [0.4, 0.5) is 0 Å². The first-order valence-electron chi connectivity index (χ1n) is 10.4. The third-order valence-electron chi connectivity index (χ3n) is 5.59. The molecule has 4 rings (SSSR count). The van der Waals surface area contributed by atoms with Gasteiger partial charge >= 0.3 is 0 Å². The highest BCUT2D eigenvalue weighted by atomic mass is 16.5. The van der Waals surface area contributed by atoms with Crippen molar-refractivity contribution in [1.82, 2.24) is 4.90 Å². The molecule has 2 atom stereocenters. The summed E-state index contributed by atoms with van der Waals surface area (Å²) >= 11 is 0. The van der Waals surface area contributed by atoms with Crippen molar-refractivity contribution in [2.45, 2.75) is 31.9 Å². The first-order chi connectivity index (χ1) is 15.0. The third-order valence-corrected chi connectivity index (χ3v) is 5.59. The highest BCUT2D eigenvalue weighted by Crippen LogP contribution is 2.40. The Balaban J connectivity index is 1.78. The molecule has 2 aromatic rings. The highest BCUT2D eigenvalue weighted by Gasteiger charge is 2.47. The molecule has 0 aliphatic carbocycles. The Hall–Kier alpha value is -3.32. The van der Waals surface area contributed by atoms with Gasteiger partial charge < -0.3 is 24.6 Å². The summed E-state index contributed by atoms with van der Waals surface area (Å²) in [6, 6.07) is 12.3. The second-order valence-corrected chi connectivity index (χ2v) is 7.64. The lowest BCUT2D eigenvalue weighted by molar-refractivity contribution is -0.140. The molecule has 0 saturated carbocycles. The lowest BCUT2D eigenvalue weighted by Crippen LogP contribution is -2.36. The van der Waals surface area contributed by atoms with E-state index in [2.05, 4.69) is 0 Å². The second-order valence-electron chi connectivity index (χ2n) is 7.64. The van der Waals surface area contributed by atoms with E-state index in [0.29, 0.717) is 30.1 Å². The molecule has 7 heteroatoms. The Labute approximate surface area is 180 Å². The van der Waals surface area contributed by atoms with E-state index in [9.17, 15) is 19.8 Å². The minimum atomic E-state index is -0.817. The van der Waals surface area contributed by atoms with Crippen LogP contribution in [0, 0.1) is 0 Å². The fraction of sp³-hybridized carbons (Fsp3) is 0.333. The first-order valence-corrected chi connectivity index (χ1v) is 10.4. The summed E-state index contributed by atoms with van der Waals surface area (Å²) in [6.07, 6.45) is 1.54. The van der Waals surface area contributed by atoms with Crippen LogP contribution in [0.3, 0.4) is 0 Å². The van der Waals surface area contributed by atoms with Crippen LogP contribution in [0.1, 0.15) is 36.9 Å². The van der Waals surface area contributed by atoms with Gasteiger partial charge in [0.15, 0.2) is 0 Å². The maximum Gasteiger partial charge on any atom is 0.295 e. The number of rotatable bonds is 6. The molecule has 162 valence electrons. The molecule has 2 saturated heterocycles. The SMILES string of the molecule is CCOc1ccc(C(O)=C2C(=O)C(=O)N(CC3CCCO3)C2c2cccc(O)c2)cc1. The molecule has 31 heavy (non-hydrogen) atoms. The van der Waals surface area contributed by atoms with Crippen molar-refractivity contribution in [3.63, 3.8) is 0 Å². The number of amides is 1. The van der Waals surface area contributed by atoms with Crippen molar-refractivity contribution in [3.8, 4) is 11.5 Å². The number of carbonyl (C=O) groups is 2. The molecular formula is C24H25NO6. The lowest BCUT2D eigenvalue weighted by atomic mass is 9.95. The smallest absolute Gasteiger partial charge is 0.295 e. The minimum Gasteiger partial charge on any atom is -0.508 e. The number of aliphatic hydroxyl groups excluding tert-OH is 1. The van der Waals surface area contributed by atoms with Crippen molar-refractivity contribution in [2.75, 3.05) is 19.8 Å². The van der Waals surface area contributed by atoms with Crippen molar-refractivity contribution in [2.24, 2.45) is 0 Å². The third kappa shape index (κ3) is 4.14. The Morgan fingerprint density at radius 2 is 1.97 bits per heavy atom. The van der Waals surface area contributed by atoms with Crippen LogP contribution in [0.5, 0.6) is 11.5 Å². The monoisotopic (exact) mass is 423 g/mol. The van der Waals surface area contributed by atoms with Crippen molar-refractivity contribution in [1.29, 1.82) is 0 Å². The summed E-state index contributed by atoms with van der Waals surface area (Å²) in [5.41, 5.74) is 0.950. The maximum atomic E-state index is 13.0. The van der Waals surface area contributed by atoms with Gasteiger partial charge in [-0.3, -0.25) is 9.59 Å². The van der Waals surface area contributed by atoms with Gasteiger partial charge in [-0.2, -0.15) is 0 Å². The number of carbonyl (C=O) groups excluding carboxylic acids is 2. The quantitative estimate of drug-likeness (QED) is 0.420. The van der Waals surface area contributed by atoms with Crippen LogP contribution >= 0.6 is 0 Å². The zero-order chi connectivity index (χ0) is 22.0. The number of ketones is 1. The van der Waals surface area contributed by atoms with Gasteiger partial charge in [-0.05, 0) is 61.7 Å². The summed E-state index contributed by atoms with van der Waals surface area (Å²) in [5.74, 6) is -1.04. The van der Waals surface area contributed by atoms with E-state index in [1.807, 2.05) is 6.92 Å². The lowest BCUT2D eigenvalue weighted by Gasteiger charge is -2.27. The number of hydrogen-bond donors (Lipinski definition) is 2. The fourth-order valence-electron chi connectivity index (χ4n) is 4.15. The second kappa shape index (κ2) is 8.81. The molecule has 2 unspecified atom stereocenters. The summed E-state index contributed by atoms with van der Waals surface area (Å²) in [4.78, 5) is 27.4. The number of phenolic OH excluding ortho intramolecular Hbond substituents is 1. The first kappa shape index (κ1) is 20.9. The van der Waals surface area contributed by atoms with E-state index in [4.69, 9.17) is 9.47 Å². The molecule has 1 amide bonds. The van der Waals surface area contributed by atoms with Gasteiger partial charge in [-0.25, -0.2) is 0 Å². The molecule has 2 fully saturated rings. The van der Waals surface area contributed by atoms with E-state index in [0.717, 1.165) is 12.8 Å². The Morgan fingerprint density at radius 3 is 2.61 bits per heavy atom. The molecule has 0 aromatic heterocycles. The van der Waals surface area contributed by atoms with Gasteiger partial charge in [0.05, 0.1) is 24.3 Å². The van der Waals surface area contributed by atoms with Crippen LogP contribution in [0.15, 0.2) is 54.1 Å². The van der Waals surface area contributed by atoms with Gasteiger partial charge in [-0.1, -0.05) is 12.1 Å². The van der Waals surface area contributed by atoms with Gasteiger partial charge in [0.2, 0.25) is 0 Å². The molecule has 2 heterocycles. The number of nitrogens with zero attached hydrogens (tertiary/aromatic N) is 1. The molecule has 2 aliphatic rings. The Kier molecular flexibility index (Phi) is 5.95. The van der Waals surface area contributed by atoms with Crippen LogP contribution in [-0.2, 0) is 14.3 Å². The molecule has 2 N–H and O–H groups in total. The Morgan fingerprint density at radius 1 is 1.19 bits per heavy atom. The summed E-state index contributed by atoms with van der Waals surface area (Å²) in [6.45, 7) is 3.25.